The van der Waals surface area contributed by atoms with Gasteiger partial charge in [-0.15, -0.1) is 11.3 Å². The molecule has 1 N–H and O–H groups in total. The number of amides is 1. The third-order valence-electron chi connectivity index (χ3n) is 4.30. The summed E-state index contributed by atoms with van der Waals surface area (Å²) in [5.41, 5.74) is 0.701. The monoisotopic (exact) mass is 488 g/mol. The first-order valence-electron chi connectivity index (χ1n) is 9.25. The average molecular weight is 489 g/mol. The Morgan fingerprint density at radius 2 is 1.85 bits per heavy atom. The molecule has 0 aliphatic heterocycles. The Labute approximate surface area is 195 Å². The van der Waals surface area contributed by atoms with E-state index in [0.29, 0.717) is 9.24 Å². The Morgan fingerprint density at radius 3 is 2.48 bits per heavy atom. The normalized spacial score (nSPS) is 10.5. The number of aryl methyl sites for hydroxylation is 1. The number of aromatic nitrogens is 1. The maximum Gasteiger partial charge on any atom is 0.338 e. The van der Waals surface area contributed by atoms with Crippen LogP contribution >= 0.6 is 23.1 Å². The van der Waals surface area contributed by atoms with Crippen molar-refractivity contribution in [3.8, 4) is 0 Å². The second-order valence-corrected chi connectivity index (χ2v) is 8.77. The number of carbonyl (C=O) groups excluding carboxylic acids is 2. The molecule has 0 fully saturated rings. The number of nitrogens with zero attached hydrogens (tertiary/aromatic N) is 3. The molecule has 0 unspecified atom stereocenters. The van der Waals surface area contributed by atoms with E-state index < -0.39 is 28.3 Å². The number of benzene rings is 2. The lowest BCUT2D eigenvalue weighted by molar-refractivity contribution is -0.387. The lowest BCUT2D eigenvalue weighted by atomic mass is 10.1. The fourth-order valence-corrected chi connectivity index (χ4v) is 4.58. The molecule has 0 spiro atoms. The summed E-state index contributed by atoms with van der Waals surface area (Å²) in [6, 6.07) is 8.05. The molecule has 11 nitrogen and oxygen atoms in total. The molecule has 0 aliphatic carbocycles. The molecule has 0 atom stereocenters. The molecule has 0 bridgehead atoms. The van der Waals surface area contributed by atoms with Crippen LogP contribution in [0.2, 0.25) is 0 Å². The number of ether oxygens (including phenoxy) is 1. The Balaban J connectivity index is 1.67. The van der Waals surface area contributed by atoms with Gasteiger partial charge in [0.1, 0.15) is 0 Å². The Kier molecular flexibility index (Phi) is 7.35. The van der Waals surface area contributed by atoms with Gasteiger partial charge in [0.15, 0.2) is 10.9 Å². The summed E-state index contributed by atoms with van der Waals surface area (Å²) in [4.78, 5) is 50.3. The first kappa shape index (κ1) is 23.8. The maximum atomic E-state index is 12.3. The quantitative estimate of drug-likeness (QED) is 0.274. The predicted octanol–water partition coefficient (Wildman–Crippen LogP) is 4.52. The van der Waals surface area contributed by atoms with E-state index in [2.05, 4.69) is 10.3 Å². The highest BCUT2D eigenvalue weighted by molar-refractivity contribution is 8.01. The third-order valence-corrected chi connectivity index (χ3v) is 6.42. The highest BCUT2D eigenvalue weighted by Crippen LogP contribution is 2.37. The number of hydrogen-bond acceptors (Lipinski definition) is 10. The van der Waals surface area contributed by atoms with Crippen molar-refractivity contribution in [2.45, 2.75) is 23.1 Å². The van der Waals surface area contributed by atoms with Crippen LogP contribution in [0.5, 0.6) is 0 Å². The molecule has 0 saturated carbocycles. The lowest BCUT2D eigenvalue weighted by Crippen LogP contribution is -2.21. The largest absolute Gasteiger partial charge is 0.452 e. The fourth-order valence-electron chi connectivity index (χ4n) is 2.70. The summed E-state index contributed by atoms with van der Waals surface area (Å²) < 4.78 is 5.58. The smallest absolute Gasteiger partial charge is 0.338 e. The van der Waals surface area contributed by atoms with Crippen LogP contribution in [-0.4, -0.2) is 33.3 Å². The van der Waals surface area contributed by atoms with E-state index in [-0.39, 0.29) is 28.2 Å². The van der Waals surface area contributed by atoms with Crippen molar-refractivity contribution in [1.82, 2.24) is 4.98 Å². The van der Waals surface area contributed by atoms with Gasteiger partial charge in [-0.25, -0.2) is 9.78 Å². The number of esters is 1. The highest BCUT2D eigenvalue weighted by Gasteiger charge is 2.21. The molecule has 1 amide bonds. The average Bonchev–Trinajstić information content (AvgIpc) is 3.18. The maximum absolute atomic E-state index is 12.3. The van der Waals surface area contributed by atoms with Crippen molar-refractivity contribution < 1.29 is 24.2 Å². The number of rotatable bonds is 8. The summed E-state index contributed by atoms with van der Waals surface area (Å²) in [5.74, 6) is -1.64. The van der Waals surface area contributed by atoms with Crippen LogP contribution in [0.15, 0.2) is 51.0 Å². The molecule has 3 rings (SSSR count). The van der Waals surface area contributed by atoms with E-state index >= 15 is 0 Å². The van der Waals surface area contributed by atoms with Crippen molar-refractivity contribution in [1.29, 1.82) is 0 Å². The number of hydrogen-bond donors (Lipinski definition) is 1. The molecule has 2 aromatic carbocycles. The number of nitro benzene ring substituents is 2. The summed E-state index contributed by atoms with van der Waals surface area (Å²) in [5, 5.41) is 26.7. The minimum absolute atomic E-state index is 0.0966. The molecule has 0 aliphatic rings. The topological polar surface area (TPSA) is 155 Å². The van der Waals surface area contributed by atoms with Gasteiger partial charge in [-0.1, -0.05) is 17.8 Å². The van der Waals surface area contributed by atoms with Crippen molar-refractivity contribution in [3.63, 3.8) is 0 Å². The SMILES string of the molecule is Cc1csc(Sc2ccc(C(=O)OCC(=O)Nc3cccc([N+](=O)[O-])c3C)cc2[N+](=O)[O-])n1. The van der Waals surface area contributed by atoms with Gasteiger partial charge in [-0.3, -0.25) is 25.0 Å². The van der Waals surface area contributed by atoms with Crippen LogP contribution in [0.4, 0.5) is 17.1 Å². The number of anilines is 1. The van der Waals surface area contributed by atoms with E-state index in [1.165, 1.54) is 48.6 Å². The first-order valence-corrected chi connectivity index (χ1v) is 10.9. The summed E-state index contributed by atoms with van der Waals surface area (Å²) in [6.07, 6.45) is 0. The zero-order valence-corrected chi connectivity index (χ0v) is 18.9. The van der Waals surface area contributed by atoms with Crippen LogP contribution in [-0.2, 0) is 9.53 Å². The number of carbonyl (C=O) groups is 2. The summed E-state index contributed by atoms with van der Waals surface area (Å²) in [6.45, 7) is 2.61. The zero-order valence-electron chi connectivity index (χ0n) is 17.3. The van der Waals surface area contributed by atoms with Gasteiger partial charge in [0.05, 0.1) is 31.6 Å². The van der Waals surface area contributed by atoms with Crippen LogP contribution in [0, 0.1) is 34.1 Å². The molecule has 3 aromatic rings. The third kappa shape index (κ3) is 5.90. The second kappa shape index (κ2) is 10.2. The van der Waals surface area contributed by atoms with Crippen LogP contribution in [0.25, 0.3) is 0 Å². The molecule has 33 heavy (non-hydrogen) atoms. The van der Waals surface area contributed by atoms with Gasteiger partial charge in [0, 0.05) is 23.2 Å². The van der Waals surface area contributed by atoms with E-state index in [1.54, 1.807) is 0 Å². The molecule has 1 aromatic heterocycles. The molecular weight excluding hydrogens is 472 g/mol. The van der Waals surface area contributed by atoms with E-state index in [9.17, 15) is 29.8 Å². The van der Waals surface area contributed by atoms with Crippen LogP contribution in [0.3, 0.4) is 0 Å². The zero-order chi connectivity index (χ0) is 24.1. The first-order chi connectivity index (χ1) is 15.7. The van der Waals surface area contributed by atoms with Crippen molar-refractivity contribution in [3.05, 3.63) is 78.8 Å². The number of nitrogens with one attached hydrogen (secondary N) is 1. The Morgan fingerprint density at radius 1 is 1.12 bits per heavy atom. The van der Waals surface area contributed by atoms with Gasteiger partial charge in [0.25, 0.3) is 17.3 Å². The van der Waals surface area contributed by atoms with Gasteiger partial charge in [-0.2, -0.15) is 0 Å². The molecule has 170 valence electrons. The molecule has 13 heteroatoms. The van der Waals surface area contributed by atoms with Gasteiger partial charge in [0.2, 0.25) is 0 Å². The van der Waals surface area contributed by atoms with Crippen LogP contribution < -0.4 is 5.32 Å². The minimum atomic E-state index is -0.925. The molecule has 1 heterocycles. The Hall–Kier alpha value is -3.84. The molecule has 0 radical (unpaired) electrons. The molecule has 0 saturated heterocycles. The lowest BCUT2D eigenvalue weighted by Gasteiger charge is -2.09. The van der Waals surface area contributed by atoms with Crippen molar-refractivity contribution in [2.24, 2.45) is 0 Å². The van der Waals surface area contributed by atoms with E-state index in [0.717, 1.165) is 23.5 Å². The van der Waals surface area contributed by atoms with Gasteiger partial charge < -0.3 is 10.1 Å². The van der Waals surface area contributed by atoms with Gasteiger partial charge in [-0.05, 0) is 32.0 Å². The van der Waals surface area contributed by atoms with E-state index in [4.69, 9.17) is 4.74 Å². The van der Waals surface area contributed by atoms with Crippen molar-refractivity contribution in [2.75, 3.05) is 11.9 Å². The van der Waals surface area contributed by atoms with Crippen molar-refractivity contribution >= 4 is 52.0 Å². The molecular formula is C20H16N4O7S2. The summed E-state index contributed by atoms with van der Waals surface area (Å²) >= 11 is 2.46. The number of thiazole rings is 1. The van der Waals surface area contributed by atoms with Crippen LogP contribution in [0.1, 0.15) is 21.6 Å². The second-order valence-electron chi connectivity index (χ2n) is 6.63. The number of nitro groups is 2. The predicted molar refractivity (Wildman–Crippen MR) is 121 cm³/mol. The minimum Gasteiger partial charge on any atom is -0.452 e. The standard InChI is InChI=1S/C20H16N4O7S2/c1-11-10-32-20(21-11)33-17-7-6-13(8-16(17)24(29)30)19(26)31-9-18(25)22-14-4-3-5-15(12(14)2)23(27)28/h3-8,10H,9H2,1-2H3,(H,22,25). The van der Waals surface area contributed by atoms with Gasteiger partial charge >= 0.3 is 5.97 Å². The van der Waals surface area contributed by atoms with E-state index in [1.807, 2.05) is 12.3 Å². The Bertz CT molecular complexity index is 1260. The highest BCUT2D eigenvalue weighted by atomic mass is 32.2. The fraction of sp³-hybridized carbons (Fsp3) is 0.150. The summed E-state index contributed by atoms with van der Waals surface area (Å²) in [7, 11) is 0.